The van der Waals surface area contributed by atoms with Gasteiger partial charge in [-0.25, -0.2) is 4.98 Å². The van der Waals surface area contributed by atoms with E-state index in [0.717, 1.165) is 60.2 Å². The van der Waals surface area contributed by atoms with Crippen LogP contribution in [0.5, 0.6) is 5.75 Å². The van der Waals surface area contributed by atoms with Crippen LogP contribution in [0.2, 0.25) is 0 Å². The molecule has 5 nitrogen and oxygen atoms in total. The number of ketones is 1. The molecule has 5 rings (SSSR count). The first-order valence-electron chi connectivity index (χ1n) is 11.1. The van der Waals surface area contributed by atoms with Gasteiger partial charge in [-0.05, 0) is 68.4 Å². The molecule has 0 amide bonds. The highest BCUT2D eigenvalue weighted by Gasteiger charge is 2.28. The molecule has 0 N–H and O–H groups in total. The highest BCUT2D eigenvalue weighted by molar-refractivity contribution is 8.00. The highest BCUT2D eigenvalue weighted by atomic mass is 32.2. The molecule has 2 heterocycles. The van der Waals surface area contributed by atoms with Crippen LogP contribution in [-0.2, 0) is 17.6 Å². The summed E-state index contributed by atoms with van der Waals surface area (Å²) >= 11 is 3.13. The fourth-order valence-corrected chi connectivity index (χ4v) is 7.14. The molecule has 1 aromatic carbocycles. The molecule has 1 unspecified atom stereocenters. The van der Waals surface area contributed by atoms with Gasteiger partial charge in [-0.15, -0.1) is 11.3 Å². The zero-order valence-corrected chi connectivity index (χ0v) is 19.3. The third-order valence-corrected chi connectivity index (χ3v) is 8.74. The quantitative estimate of drug-likeness (QED) is 0.394. The number of rotatable bonds is 4. The number of methoxy groups -OCH3 is 1. The summed E-state index contributed by atoms with van der Waals surface area (Å²) in [6, 6.07) is 7.51. The summed E-state index contributed by atoms with van der Waals surface area (Å²) in [5, 5.41) is 1.27. The second-order valence-corrected chi connectivity index (χ2v) is 10.5. The van der Waals surface area contributed by atoms with Gasteiger partial charge in [0.25, 0.3) is 5.56 Å². The van der Waals surface area contributed by atoms with Gasteiger partial charge in [0.15, 0.2) is 5.16 Å². The van der Waals surface area contributed by atoms with E-state index in [4.69, 9.17) is 9.72 Å². The van der Waals surface area contributed by atoms with E-state index in [-0.39, 0.29) is 16.6 Å². The molecule has 0 saturated heterocycles. The number of aromatic nitrogens is 2. The molecule has 2 aromatic heterocycles. The molecule has 2 aliphatic rings. The van der Waals surface area contributed by atoms with Crippen LogP contribution >= 0.6 is 23.1 Å². The Labute approximate surface area is 189 Å². The van der Waals surface area contributed by atoms with E-state index in [1.165, 1.54) is 35.0 Å². The van der Waals surface area contributed by atoms with Gasteiger partial charge in [0.2, 0.25) is 0 Å². The molecule has 1 atom stereocenters. The number of nitrogens with zero attached hydrogens (tertiary/aromatic N) is 2. The van der Waals surface area contributed by atoms with Gasteiger partial charge in [-0.1, -0.05) is 24.6 Å². The van der Waals surface area contributed by atoms with Gasteiger partial charge >= 0.3 is 0 Å². The maximum absolute atomic E-state index is 13.9. The van der Waals surface area contributed by atoms with Crippen LogP contribution in [0.1, 0.15) is 55.4 Å². The van der Waals surface area contributed by atoms with Crippen LogP contribution in [0.4, 0.5) is 0 Å². The van der Waals surface area contributed by atoms with Crippen molar-refractivity contribution in [3.8, 4) is 11.4 Å². The molecule has 3 aromatic rings. The Kier molecular flexibility index (Phi) is 5.89. The second kappa shape index (κ2) is 8.79. The first kappa shape index (κ1) is 20.8. The number of Topliss-reactive ketones (excluding diaryl/α,β-unsaturated/α-hetero) is 1. The Hall–Kier alpha value is -2.12. The number of carbonyl (C=O) groups excluding carboxylic acids is 1. The summed E-state index contributed by atoms with van der Waals surface area (Å²) < 4.78 is 7.01. The molecule has 1 saturated carbocycles. The van der Waals surface area contributed by atoms with Crippen molar-refractivity contribution in [1.82, 2.24) is 9.55 Å². The van der Waals surface area contributed by atoms with E-state index >= 15 is 0 Å². The Morgan fingerprint density at radius 1 is 1.03 bits per heavy atom. The maximum atomic E-state index is 13.9. The van der Waals surface area contributed by atoms with Crippen molar-refractivity contribution in [2.75, 3.05) is 7.11 Å². The van der Waals surface area contributed by atoms with Crippen molar-refractivity contribution in [3.05, 3.63) is 45.1 Å². The largest absolute Gasteiger partial charge is 0.497 e. The number of thioether (sulfide) groups is 1. The molecular weight excluding hydrogens is 428 g/mol. The van der Waals surface area contributed by atoms with Crippen LogP contribution in [0.15, 0.2) is 34.2 Å². The molecule has 162 valence electrons. The van der Waals surface area contributed by atoms with Crippen LogP contribution in [0, 0.1) is 0 Å². The summed E-state index contributed by atoms with van der Waals surface area (Å²) in [6.45, 7) is 0. The van der Waals surface area contributed by atoms with E-state index in [1.54, 1.807) is 23.0 Å². The Morgan fingerprint density at radius 2 is 1.81 bits per heavy atom. The van der Waals surface area contributed by atoms with Crippen molar-refractivity contribution in [2.45, 2.75) is 68.2 Å². The van der Waals surface area contributed by atoms with E-state index in [2.05, 4.69) is 0 Å². The Morgan fingerprint density at radius 3 is 2.58 bits per heavy atom. The molecular formula is C24H26N2O3S2. The van der Waals surface area contributed by atoms with E-state index in [9.17, 15) is 9.59 Å². The van der Waals surface area contributed by atoms with Crippen LogP contribution < -0.4 is 10.3 Å². The zero-order valence-electron chi connectivity index (χ0n) is 17.7. The number of hydrogen-bond acceptors (Lipinski definition) is 6. The number of benzene rings is 1. The van der Waals surface area contributed by atoms with E-state index in [0.29, 0.717) is 11.6 Å². The van der Waals surface area contributed by atoms with E-state index < -0.39 is 0 Å². The summed E-state index contributed by atoms with van der Waals surface area (Å²) in [4.78, 5) is 33.5. The van der Waals surface area contributed by atoms with Crippen molar-refractivity contribution < 1.29 is 9.53 Å². The number of aryl methyl sites for hydroxylation is 2. The molecule has 1 fully saturated rings. The first-order chi connectivity index (χ1) is 15.2. The lowest BCUT2D eigenvalue weighted by molar-refractivity contribution is -0.119. The predicted octanol–water partition coefficient (Wildman–Crippen LogP) is 5.33. The summed E-state index contributed by atoms with van der Waals surface area (Å²) in [7, 11) is 1.63. The van der Waals surface area contributed by atoms with Crippen molar-refractivity contribution >= 4 is 39.1 Å². The van der Waals surface area contributed by atoms with Crippen LogP contribution in [-0.4, -0.2) is 27.7 Å². The van der Waals surface area contributed by atoms with Crippen LogP contribution in [0.3, 0.4) is 0 Å². The maximum Gasteiger partial charge on any atom is 0.267 e. The number of fused-ring (bicyclic) bond motifs is 3. The smallest absolute Gasteiger partial charge is 0.267 e. The second-order valence-electron chi connectivity index (χ2n) is 8.30. The monoisotopic (exact) mass is 454 g/mol. The van der Waals surface area contributed by atoms with Gasteiger partial charge in [-0.3, -0.25) is 14.2 Å². The standard InChI is InChI=1S/C24H26N2O3S2/c1-29-16-13-11-15(12-14-16)26-23(28)21-17-7-3-2-4-9-19(17)30-22(21)25-24(26)31-20-10-6-5-8-18(20)27/h11-14,20H,2-10H2,1H3. The van der Waals surface area contributed by atoms with Crippen molar-refractivity contribution in [2.24, 2.45) is 0 Å². The number of carbonyl (C=O) groups is 1. The SMILES string of the molecule is COc1ccc(-n2c(SC3CCCCC3=O)nc3sc4c(c3c2=O)CCCCC4)cc1. The summed E-state index contributed by atoms with van der Waals surface area (Å²) in [5.74, 6) is 1.01. The number of thiophene rings is 1. The lowest BCUT2D eigenvalue weighted by Gasteiger charge is -2.21. The van der Waals surface area contributed by atoms with Gasteiger partial charge < -0.3 is 4.74 Å². The third-order valence-electron chi connectivity index (χ3n) is 6.29. The minimum Gasteiger partial charge on any atom is -0.497 e. The Balaban J connectivity index is 1.69. The molecule has 0 radical (unpaired) electrons. The third kappa shape index (κ3) is 3.94. The predicted molar refractivity (Wildman–Crippen MR) is 126 cm³/mol. The summed E-state index contributed by atoms with van der Waals surface area (Å²) in [6.07, 6.45) is 8.96. The normalized spacial score (nSPS) is 19.3. The Bertz CT molecular complexity index is 1180. The lowest BCUT2D eigenvalue weighted by atomic mass is 9.99. The van der Waals surface area contributed by atoms with Gasteiger partial charge in [0.05, 0.1) is 23.4 Å². The number of ether oxygens (including phenoxy) is 1. The molecule has 31 heavy (non-hydrogen) atoms. The average Bonchev–Trinajstić information content (AvgIpc) is 2.97. The minimum atomic E-state index is -0.125. The number of hydrogen-bond donors (Lipinski definition) is 0. The average molecular weight is 455 g/mol. The fourth-order valence-electron chi connectivity index (χ4n) is 4.60. The van der Waals surface area contributed by atoms with Gasteiger partial charge in [0.1, 0.15) is 16.4 Å². The lowest BCUT2D eigenvalue weighted by Crippen LogP contribution is -2.26. The van der Waals surface area contributed by atoms with Gasteiger partial charge in [0, 0.05) is 11.3 Å². The molecule has 0 aliphatic heterocycles. The molecule has 0 bridgehead atoms. The highest BCUT2D eigenvalue weighted by Crippen LogP contribution is 2.37. The van der Waals surface area contributed by atoms with Crippen molar-refractivity contribution in [3.63, 3.8) is 0 Å². The summed E-state index contributed by atoms with van der Waals surface area (Å²) in [5.41, 5.74) is 1.95. The van der Waals surface area contributed by atoms with Gasteiger partial charge in [-0.2, -0.15) is 0 Å². The zero-order chi connectivity index (χ0) is 21.4. The molecule has 2 aliphatic carbocycles. The topological polar surface area (TPSA) is 61.2 Å². The minimum absolute atomic E-state index is 0.0136. The molecule has 7 heteroatoms. The van der Waals surface area contributed by atoms with Crippen molar-refractivity contribution in [1.29, 1.82) is 0 Å². The van der Waals surface area contributed by atoms with E-state index in [1.807, 2.05) is 24.3 Å². The first-order valence-corrected chi connectivity index (χ1v) is 12.8. The fraction of sp³-hybridized carbons (Fsp3) is 0.458. The molecule has 0 spiro atoms. The van der Waals surface area contributed by atoms with Crippen LogP contribution in [0.25, 0.3) is 15.9 Å².